The van der Waals surface area contributed by atoms with E-state index in [1.165, 1.54) is 0 Å². The number of carbonyl (C=O) groups excluding carboxylic acids is 1. The first kappa shape index (κ1) is 22.6. The van der Waals surface area contributed by atoms with E-state index in [9.17, 15) is 4.79 Å². The lowest BCUT2D eigenvalue weighted by atomic mass is 9.87. The van der Waals surface area contributed by atoms with Crippen LogP contribution in [-0.4, -0.2) is 40.9 Å². The molecule has 1 aliphatic rings. The van der Waals surface area contributed by atoms with Gasteiger partial charge in [-0.05, 0) is 36.7 Å². The van der Waals surface area contributed by atoms with Crippen LogP contribution in [0.5, 0.6) is 0 Å². The number of halogens is 3. The minimum Gasteiger partial charge on any atom is -0.333 e. The van der Waals surface area contributed by atoms with Crippen LogP contribution in [0.2, 0.25) is 5.02 Å². The summed E-state index contributed by atoms with van der Waals surface area (Å²) in [6, 6.07) is 7.25. The van der Waals surface area contributed by atoms with E-state index in [1.807, 2.05) is 38.2 Å². The first-order valence-corrected chi connectivity index (χ1v) is 8.44. The molecule has 8 heteroatoms. The number of benzene rings is 1. The molecule has 1 amide bonds. The van der Waals surface area contributed by atoms with E-state index in [1.54, 1.807) is 23.5 Å². The zero-order chi connectivity index (χ0) is 17.1. The van der Waals surface area contributed by atoms with Crippen molar-refractivity contribution < 1.29 is 4.79 Å². The normalized spacial score (nSPS) is 15.7. The van der Waals surface area contributed by atoms with Crippen LogP contribution < -0.4 is 5.32 Å². The maximum absolute atomic E-state index is 13.0. The molecule has 1 fully saturated rings. The molecule has 0 radical (unpaired) electrons. The second-order valence-corrected chi connectivity index (χ2v) is 6.68. The molecule has 142 valence electrons. The van der Waals surface area contributed by atoms with Crippen LogP contribution >= 0.6 is 36.4 Å². The van der Waals surface area contributed by atoms with Gasteiger partial charge in [-0.2, -0.15) is 0 Å². The number of amides is 1. The van der Waals surface area contributed by atoms with Gasteiger partial charge in [-0.3, -0.25) is 14.8 Å². The van der Waals surface area contributed by atoms with Gasteiger partial charge >= 0.3 is 0 Å². The van der Waals surface area contributed by atoms with Gasteiger partial charge in [0.25, 0.3) is 0 Å². The number of nitrogens with zero attached hydrogens (tertiary/aromatic N) is 3. The fourth-order valence-electron chi connectivity index (χ4n) is 3.00. The van der Waals surface area contributed by atoms with Crippen molar-refractivity contribution in [1.29, 1.82) is 0 Å². The van der Waals surface area contributed by atoms with Crippen molar-refractivity contribution in [1.82, 2.24) is 20.2 Å². The summed E-state index contributed by atoms with van der Waals surface area (Å²) in [6.07, 6.45) is 4.99. The molecule has 5 nitrogen and oxygen atoms in total. The van der Waals surface area contributed by atoms with Gasteiger partial charge in [-0.15, -0.1) is 24.8 Å². The standard InChI is InChI=1S/C18H21ClN4O.2ClH/c1-12(14-9-21-10-14)18(24)23(2)17(16-11-20-7-8-22-16)13-3-5-15(19)6-4-13;;/h3-8,11-12,14,17,21H,9-10H2,1-2H3;2*1H. The maximum atomic E-state index is 13.0. The Bertz CT molecular complexity index is 695. The number of aromatic nitrogens is 2. The molecule has 2 heterocycles. The highest BCUT2D eigenvalue weighted by molar-refractivity contribution is 6.30. The Balaban J connectivity index is 0.00000169. The van der Waals surface area contributed by atoms with Gasteiger partial charge in [0, 0.05) is 30.4 Å². The van der Waals surface area contributed by atoms with Crippen LogP contribution in [0.3, 0.4) is 0 Å². The largest absolute Gasteiger partial charge is 0.333 e. The molecule has 0 spiro atoms. The van der Waals surface area contributed by atoms with E-state index < -0.39 is 0 Å². The van der Waals surface area contributed by atoms with Crippen LogP contribution in [0, 0.1) is 11.8 Å². The highest BCUT2D eigenvalue weighted by Gasteiger charge is 2.34. The van der Waals surface area contributed by atoms with Gasteiger partial charge < -0.3 is 10.2 Å². The molecule has 26 heavy (non-hydrogen) atoms. The Morgan fingerprint density at radius 3 is 2.38 bits per heavy atom. The summed E-state index contributed by atoms with van der Waals surface area (Å²) >= 11 is 6.01. The molecule has 1 saturated heterocycles. The van der Waals surface area contributed by atoms with Gasteiger partial charge in [0.05, 0.1) is 11.9 Å². The molecule has 0 bridgehead atoms. The fourth-order valence-corrected chi connectivity index (χ4v) is 3.13. The first-order chi connectivity index (χ1) is 11.6. The zero-order valence-electron chi connectivity index (χ0n) is 14.6. The molecule has 2 unspecified atom stereocenters. The minimum absolute atomic E-state index is 0. The van der Waals surface area contributed by atoms with Gasteiger partial charge in [0.15, 0.2) is 0 Å². The second-order valence-electron chi connectivity index (χ2n) is 6.24. The van der Waals surface area contributed by atoms with Crippen molar-refractivity contribution in [2.45, 2.75) is 13.0 Å². The molecule has 1 aliphatic heterocycles. The topological polar surface area (TPSA) is 58.1 Å². The van der Waals surface area contributed by atoms with Crippen LogP contribution in [0.15, 0.2) is 42.9 Å². The van der Waals surface area contributed by atoms with E-state index in [0.29, 0.717) is 10.9 Å². The summed E-state index contributed by atoms with van der Waals surface area (Å²) in [6.45, 7) is 3.80. The molecule has 1 aromatic carbocycles. The lowest BCUT2D eigenvalue weighted by molar-refractivity contribution is -0.137. The molecule has 0 aliphatic carbocycles. The Hall–Kier alpha value is -1.40. The molecule has 0 saturated carbocycles. The monoisotopic (exact) mass is 416 g/mol. The Labute approximate surface area is 171 Å². The van der Waals surface area contributed by atoms with Crippen LogP contribution in [0.25, 0.3) is 0 Å². The van der Waals surface area contributed by atoms with Crippen LogP contribution in [0.1, 0.15) is 24.2 Å². The van der Waals surface area contributed by atoms with Crippen molar-refractivity contribution in [3.8, 4) is 0 Å². The Morgan fingerprint density at radius 2 is 1.88 bits per heavy atom. The van der Waals surface area contributed by atoms with Crippen LogP contribution in [-0.2, 0) is 4.79 Å². The molecular formula is C18H23Cl3N4O. The van der Waals surface area contributed by atoms with Crippen molar-refractivity contribution in [3.05, 3.63) is 59.1 Å². The van der Waals surface area contributed by atoms with Gasteiger partial charge in [-0.25, -0.2) is 0 Å². The lowest BCUT2D eigenvalue weighted by Crippen LogP contribution is -2.50. The van der Waals surface area contributed by atoms with Crippen molar-refractivity contribution in [3.63, 3.8) is 0 Å². The molecule has 1 N–H and O–H groups in total. The van der Waals surface area contributed by atoms with Crippen molar-refractivity contribution >= 4 is 42.3 Å². The maximum Gasteiger partial charge on any atom is 0.226 e. The lowest BCUT2D eigenvalue weighted by Gasteiger charge is -2.36. The van der Waals surface area contributed by atoms with E-state index >= 15 is 0 Å². The smallest absolute Gasteiger partial charge is 0.226 e. The summed E-state index contributed by atoms with van der Waals surface area (Å²) in [7, 11) is 1.83. The molecule has 3 rings (SSSR count). The van der Waals surface area contributed by atoms with E-state index in [-0.39, 0.29) is 42.7 Å². The number of carbonyl (C=O) groups is 1. The third-order valence-electron chi connectivity index (χ3n) is 4.69. The predicted molar refractivity (Wildman–Crippen MR) is 108 cm³/mol. The highest BCUT2D eigenvalue weighted by atomic mass is 35.5. The quantitative estimate of drug-likeness (QED) is 0.810. The Morgan fingerprint density at radius 1 is 1.23 bits per heavy atom. The van der Waals surface area contributed by atoms with E-state index in [0.717, 1.165) is 24.3 Å². The SMILES string of the molecule is CC(C(=O)N(C)C(c1ccc(Cl)cc1)c1cnccn1)C1CNC1.Cl.Cl. The number of hydrogen-bond acceptors (Lipinski definition) is 4. The predicted octanol–water partition coefficient (Wildman–Crippen LogP) is 3.38. The number of nitrogens with one attached hydrogen (secondary N) is 1. The molecule has 2 aromatic rings. The average molecular weight is 418 g/mol. The fraction of sp³-hybridized carbons (Fsp3) is 0.389. The summed E-state index contributed by atoms with van der Waals surface area (Å²) < 4.78 is 0. The number of hydrogen-bond donors (Lipinski definition) is 1. The van der Waals surface area contributed by atoms with Gasteiger partial charge in [0.2, 0.25) is 5.91 Å². The third kappa shape index (κ3) is 4.86. The van der Waals surface area contributed by atoms with Crippen molar-refractivity contribution in [2.75, 3.05) is 20.1 Å². The van der Waals surface area contributed by atoms with Crippen LogP contribution in [0.4, 0.5) is 0 Å². The second kappa shape index (κ2) is 10.1. The highest BCUT2D eigenvalue weighted by Crippen LogP contribution is 2.29. The first-order valence-electron chi connectivity index (χ1n) is 8.06. The Kier molecular flexibility index (Phi) is 8.77. The minimum atomic E-state index is -0.279. The summed E-state index contributed by atoms with van der Waals surface area (Å²) in [4.78, 5) is 23.3. The molecule has 2 atom stereocenters. The molecule has 1 aromatic heterocycles. The van der Waals surface area contributed by atoms with E-state index in [2.05, 4.69) is 15.3 Å². The summed E-state index contributed by atoms with van der Waals surface area (Å²) in [5.74, 6) is 0.488. The molecular weight excluding hydrogens is 395 g/mol. The average Bonchev–Trinajstić information content (AvgIpc) is 2.55. The summed E-state index contributed by atoms with van der Waals surface area (Å²) in [5, 5.41) is 3.89. The zero-order valence-corrected chi connectivity index (χ0v) is 17.0. The van der Waals surface area contributed by atoms with Crippen molar-refractivity contribution in [2.24, 2.45) is 11.8 Å². The number of rotatable bonds is 5. The van der Waals surface area contributed by atoms with Gasteiger partial charge in [0.1, 0.15) is 6.04 Å². The van der Waals surface area contributed by atoms with Gasteiger partial charge in [-0.1, -0.05) is 30.7 Å². The van der Waals surface area contributed by atoms with E-state index in [4.69, 9.17) is 11.6 Å². The third-order valence-corrected chi connectivity index (χ3v) is 4.95. The summed E-state index contributed by atoms with van der Waals surface area (Å²) in [5.41, 5.74) is 1.71.